The van der Waals surface area contributed by atoms with Crippen LogP contribution >= 0.6 is 0 Å². The van der Waals surface area contributed by atoms with E-state index in [-0.39, 0.29) is 19.0 Å². The van der Waals surface area contributed by atoms with E-state index in [1.165, 1.54) is 6.07 Å². The number of hydrogen-bond donors (Lipinski definition) is 4. The molecule has 10 heteroatoms. The predicted octanol–water partition coefficient (Wildman–Crippen LogP) is 4.76. The van der Waals surface area contributed by atoms with Crippen LogP contribution in [0.1, 0.15) is 46.8 Å². The number of aliphatic hydroxyl groups excluding tert-OH is 1. The van der Waals surface area contributed by atoms with Crippen LogP contribution in [0.5, 0.6) is 0 Å². The Morgan fingerprint density at radius 1 is 1.02 bits per heavy atom. The normalized spacial score (nSPS) is 15.0. The molecule has 1 fully saturated rings. The molecule has 4 rings (SSSR count). The average molecular weight is 569 g/mol. The number of benzene rings is 3. The number of amides is 2. The van der Waals surface area contributed by atoms with Gasteiger partial charge < -0.3 is 26.0 Å². The van der Waals surface area contributed by atoms with Crippen LogP contribution in [0.15, 0.2) is 72.8 Å². The molecule has 218 valence electrons. The predicted molar refractivity (Wildman–Crippen MR) is 153 cm³/mol. The maximum Gasteiger partial charge on any atom is 0.416 e. The lowest BCUT2D eigenvalue weighted by atomic mass is 10.00. The Morgan fingerprint density at radius 3 is 2.46 bits per heavy atom. The third kappa shape index (κ3) is 8.31. The zero-order valence-corrected chi connectivity index (χ0v) is 22.9. The zero-order chi connectivity index (χ0) is 29.4. The third-order valence-corrected chi connectivity index (χ3v) is 6.96. The number of carbonyl (C=O) groups excluding carboxylic acids is 2. The highest BCUT2D eigenvalue weighted by molar-refractivity contribution is 6.00. The summed E-state index contributed by atoms with van der Waals surface area (Å²) in [4.78, 5) is 27.5. The molecule has 41 heavy (non-hydrogen) atoms. The Labute approximate surface area is 237 Å². The van der Waals surface area contributed by atoms with Gasteiger partial charge in [0.25, 0.3) is 5.91 Å². The summed E-state index contributed by atoms with van der Waals surface area (Å²) in [7, 11) is 0. The van der Waals surface area contributed by atoms with E-state index in [0.29, 0.717) is 48.4 Å². The molecule has 7 nitrogen and oxygen atoms in total. The molecule has 1 aliphatic rings. The number of alkyl halides is 3. The zero-order valence-electron chi connectivity index (χ0n) is 22.9. The van der Waals surface area contributed by atoms with Crippen molar-refractivity contribution in [1.29, 1.82) is 0 Å². The molecular formula is C31H35F3N4O3. The third-order valence-electron chi connectivity index (χ3n) is 6.96. The number of carbonyl (C=O) groups is 2. The number of aliphatic hydroxyl groups is 1. The first-order valence-corrected chi connectivity index (χ1v) is 13.7. The number of nitrogens with zero attached hydrogens (tertiary/aromatic N) is 1. The molecule has 1 saturated heterocycles. The second kappa shape index (κ2) is 13.6. The topological polar surface area (TPSA) is 93.7 Å². The second-order valence-electron chi connectivity index (χ2n) is 10.1. The van der Waals surface area contributed by atoms with Gasteiger partial charge in [0.15, 0.2) is 0 Å². The lowest BCUT2D eigenvalue weighted by molar-refractivity contribution is -0.137. The molecule has 1 aliphatic heterocycles. The number of halogens is 3. The summed E-state index contributed by atoms with van der Waals surface area (Å²) in [5, 5.41) is 20.3. The molecule has 0 aliphatic carbocycles. The van der Waals surface area contributed by atoms with Crippen LogP contribution in [-0.4, -0.2) is 48.7 Å². The Bertz CT molecular complexity index is 1330. The first-order valence-electron chi connectivity index (χ1n) is 13.7. The SMILES string of the molecule is CCNc1cc(C(=O)NC(Cc2ccccc2)C(O)CNCc2cccc(C(F)(F)F)c2)cc(N2CCCC2=O)c1. The Kier molecular flexibility index (Phi) is 10.0. The highest BCUT2D eigenvalue weighted by Gasteiger charge is 2.30. The van der Waals surface area contributed by atoms with E-state index >= 15 is 0 Å². The van der Waals surface area contributed by atoms with Crippen LogP contribution in [-0.2, 0) is 23.9 Å². The van der Waals surface area contributed by atoms with Crippen molar-refractivity contribution in [2.24, 2.45) is 0 Å². The van der Waals surface area contributed by atoms with Gasteiger partial charge >= 0.3 is 6.18 Å². The van der Waals surface area contributed by atoms with Crippen molar-refractivity contribution in [1.82, 2.24) is 10.6 Å². The quantitative estimate of drug-likeness (QED) is 0.253. The largest absolute Gasteiger partial charge is 0.416 e. The van der Waals surface area contributed by atoms with Gasteiger partial charge in [0, 0.05) is 49.5 Å². The lowest BCUT2D eigenvalue weighted by Crippen LogP contribution is -2.48. The van der Waals surface area contributed by atoms with Gasteiger partial charge in [0.1, 0.15) is 0 Å². The minimum absolute atomic E-state index is 0.00854. The van der Waals surface area contributed by atoms with Crippen LogP contribution in [0.4, 0.5) is 24.5 Å². The molecule has 3 aromatic carbocycles. The van der Waals surface area contributed by atoms with E-state index in [1.54, 1.807) is 23.1 Å². The van der Waals surface area contributed by atoms with E-state index in [0.717, 1.165) is 24.1 Å². The monoisotopic (exact) mass is 568 g/mol. The van der Waals surface area contributed by atoms with Gasteiger partial charge in [-0.2, -0.15) is 13.2 Å². The van der Waals surface area contributed by atoms with Crippen molar-refractivity contribution < 1.29 is 27.9 Å². The number of rotatable bonds is 12. The minimum Gasteiger partial charge on any atom is -0.390 e. The average Bonchev–Trinajstić information content (AvgIpc) is 3.38. The van der Waals surface area contributed by atoms with Gasteiger partial charge in [0.05, 0.1) is 17.7 Å². The van der Waals surface area contributed by atoms with Crippen molar-refractivity contribution in [3.63, 3.8) is 0 Å². The van der Waals surface area contributed by atoms with E-state index in [1.807, 2.05) is 43.3 Å². The standard InChI is InChI=1S/C31H35F3N4O3/c1-2-36-25-16-23(17-26(18-25)38-13-7-12-29(38)40)30(41)37-27(15-21-8-4-3-5-9-21)28(39)20-35-19-22-10-6-11-24(14-22)31(32,33)34/h3-6,8-11,14,16-18,27-28,35-36,39H,2,7,12-13,15,19-20H2,1H3,(H,37,41). The minimum atomic E-state index is -4.44. The fourth-order valence-corrected chi connectivity index (χ4v) is 4.89. The fourth-order valence-electron chi connectivity index (χ4n) is 4.89. The van der Waals surface area contributed by atoms with Gasteiger partial charge in [-0.3, -0.25) is 9.59 Å². The van der Waals surface area contributed by atoms with E-state index in [9.17, 15) is 27.9 Å². The van der Waals surface area contributed by atoms with Crippen LogP contribution < -0.4 is 20.9 Å². The van der Waals surface area contributed by atoms with Crippen LogP contribution in [0, 0.1) is 0 Å². The highest BCUT2D eigenvalue weighted by atomic mass is 19.4. The van der Waals surface area contributed by atoms with Gasteiger partial charge in [0.2, 0.25) is 5.91 Å². The van der Waals surface area contributed by atoms with Crippen LogP contribution in [0.2, 0.25) is 0 Å². The number of nitrogens with one attached hydrogen (secondary N) is 3. The molecule has 0 saturated carbocycles. The summed E-state index contributed by atoms with van der Waals surface area (Å²) in [6, 6.07) is 18.9. The van der Waals surface area contributed by atoms with Crippen molar-refractivity contribution in [2.75, 3.05) is 29.9 Å². The van der Waals surface area contributed by atoms with Crippen LogP contribution in [0.3, 0.4) is 0 Å². The number of anilines is 2. The lowest BCUT2D eigenvalue weighted by Gasteiger charge is -2.25. The van der Waals surface area contributed by atoms with Crippen molar-refractivity contribution in [3.8, 4) is 0 Å². The van der Waals surface area contributed by atoms with Gasteiger partial charge in [-0.1, -0.05) is 48.5 Å². The molecule has 2 amide bonds. The molecular weight excluding hydrogens is 533 g/mol. The molecule has 2 atom stereocenters. The Morgan fingerprint density at radius 2 is 1.78 bits per heavy atom. The highest BCUT2D eigenvalue weighted by Crippen LogP contribution is 2.30. The Hall–Kier alpha value is -3.89. The van der Waals surface area contributed by atoms with Gasteiger partial charge in [-0.05, 0) is 55.2 Å². The van der Waals surface area contributed by atoms with E-state index < -0.39 is 29.8 Å². The van der Waals surface area contributed by atoms with Crippen molar-refractivity contribution >= 4 is 23.2 Å². The summed E-state index contributed by atoms with van der Waals surface area (Å²) in [5.41, 5.74) is 2.29. The molecule has 3 aromatic rings. The summed E-state index contributed by atoms with van der Waals surface area (Å²) >= 11 is 0. The molecule has 0 aromatic heterocycles. The maximum absolute atomic E-state index is 13.5. The summed E-state index contributed by atoms with van der Waals surface area (Å²) < 4.78 is 39.2. The summed E-state index contributed by atoms with van der Waals surface area (Å²) in [6.45, 7) is 3.31. The van der Waals surface area contributed by atoms with Gasteiger partial charge in [-0.25, -0.2) is 0 Å². The molecule has 4 N–H and O–H groups in total. The molecule has 0 spiro atoms. The van der Waals surface area contributed by atoms with Crippen molar-refractivity contribution in [3.05, 3.63) is 95.1 Å². The maximum atomic E-state index is 13.5. The van der Waals surface area contributed by atoms with Crippen LogP contribution in [0.25, 0.3) is 0 Å². The fraction of sp³-hybridized carbons (Fsp3) is 0.355. The first kappa shape index (κ1) is 30.1. The second-order valence-corrected chi connectivity index (χ2v) is 10.1. The van der Waals surface area contributed by atoms with E-state index in [2.05, 4.69) is 16.0 Å². The van der Waals surface area contributed by atoms with E-state index in [4.69, 9.17) is 0 Å². The van der Waals surface area contributed by atoms with Gasteiger partial charge in [-0.15, -0.1) is 0 Å². The summed E-state index contributed by atoms with van der Waals surface area (Å²) in [6.07, 6.45) is -3.92. The number of hydrogen-bond acceptors (Lipinski definition) is 5. The summed E-state index contributed by atoms with van der Waals surface area (Å²) in [5.74, 6) is -0.398. The molecule has 1 heterocycles. The molecule has 0 bridgehead atoms. The Balaban J connectivity index is 1.49. The smallest absolute Gasteiger partial charge is 0.390 e. The first-order chi connectivity index (χ1) is 19.6. The van der Waals surface area contributed by atoms with Crippen molar-refractivity contribution in [2.45, 2.75) is 51.1 Å². The molecule has 2 unspecified atom stereocenters. The molecule has 0 radical (unpaired) electrons.